The van der Waals surface area contributed by atoms with E-state index in [9.17, 15) is 9.90 Å². The number of piperidine rings is 1. The van der Waals surface area contributed by atoms with Gasteiger partial charge in [0.15, 0.2) is 0 Å². The van der Waals surface area contributed by atoms with Crippen molar-refractivity contribution in [2.45, 2.75) is 50.8 Å². The number of hydrogen-bond donors (Lipinski definition) is 1. The summed E-state index contributed by atoms with van der Waals surface area (Å²) in [4.78, 5) is 12.8. The van der Waals surface area contributed by atoms with E-state index in [1.165, 1.54) is 0 Å². The molecular formula is C13H17N3O3. The van der Waals surface area contributed by atoms with Crippen molar-refractivity contribution in [3.05, 3.63) is 17.8 Å². The van der Waals surface area contributed by atoms with Crippen molar-refractivity contribution in [3.63, 3.8) is 0 Å². The van der Waals surface area contributed by atoms with Crippen LogP contribution in [-0.2, 0) is 0 Å². The normalized spacial score (nSPS) is 29.3. The molecule has 1 amide bonds. The Hall–Kier alpha value is -1.85. The van der Waals surface area contributed by atoms with Gasteiger partial charge in [-0.05, 0) is 25.8 Å². The molecule has 3 heterocycles. The molecule has 0 radical (unpaired) electrons. The van der Waals surface area contributed by atoms with E-state index in [4.69, 9.17) is 4.74 Å². The maximum atomic E-state index is 11.2. The summed E-state index contributed by atoms with van der Waals surface area (Å²) in [6, 6.07) is 3.87. The Morgan fingerprint density at radius 3 is 2.53 bits per heavy atom. The first kappa shape index (κ1) is 12.2. The molecule has 2 aliphatic heterocycles. The lowest BCUT2D eigenvalue weighted by molar-refractivity contribution is 0.0472. The molecular weight excluding hydrogens is 246 g/mol. The third-order valence-corrected chi connectivity index (χ3v) is 3.97. The molecule has 0 spiro atoms. The van der Waals surface area contributed by atoms with Crippen molar-refractivity contribution < 1.29 is 14.6 Å². The monoisotopic (exact) mass is 263 g/mol. The maximum absolute atomic E-state index is 11.2. The minimum atomic E-state index is -0.805. The van der Waals surface area contributed by atoms with Crippen LogP contribution in [0.3, 0.4) is 0 Å². The van der Waals surface area contributed by atoms with E-state index in [1.54, 1.807) is 4.90 Å². The summed E-state index contributed by atoms with van der Waals surface area (Å²) in [5.74, 6) is 0.527. The number of aryl methyl sites for hydroxylation is 1. The molecule has 1 N–H and O–H groups in total. The smallest absolute Gasteiger partial charge is 0.407 e. The molecule has 2 aliphatic rings. The Morgan fingerprint density at radius 1 is 1.32 bits per heavy atom. The highest BCUT2D eigenvalue weighted by Crippen LogP contribution is 2.36. The highest BCUT2D eigenvalue weighted by atomic mass is 16.5. The molecule has 2 saturated heterocycles. The number of hydrogen-bond acceptors (Lipinski definition) is 4. The number of aromatic nitrogens is 2. The van der Waals surface area contributed by atoms with Gasteiger partial charge in [0.1, 0.15) is 6.10 Å². The number of rotatable bonds is 2. The molecule has 19 heavy (non-hydrogen) atoms. The van der Waals surface area contributed by atoms with Crippen molar-refractivity contribution in [3.8, 4) is 5.88 Å². The molecule has 6 heteroatoms. The second-order valence-corrected chi connectivity index (χ2v) is 5.30. The van der Waals surface area contributed by atoms with E-state index < -0.39 is 6.09 Å². The van der Waals surface area contributed by atoms with Gasteiger partial charge in [-0.15, -0.1) is 5.10 Å². The van der Waals surface area contributed by atoms with Crippen molar-refractivity contribution in [1.29, 1.82) is 0 Å². The molecule has 102 valence electrons. The van der Waals surface area contributed by atoms with Crippen LogP contribution in [0, 0.1) is 6.92 Å². The lowest BCUT2D eigenvalue weighted by Gasteiger charge is -2.36. The van der Waals surface area contributed by atoms with Gasteiger partial charge in [-0.3, -0.25) is 0 Å². The van der Waals surface area contributed by atoms with E-state index in [1.807, 2.05) is 19.1 Å². The fraction of sp³-hybridized carbons (Fsp3) is 0.615. The van der Waals surface area contributed by atoms with Crippen LogP contribution in [0.5, 0.6) is 5.88 Å². The predicted octanol–water partition coefficient (Wildman–Crippen LogP) is 1.84. The Morgan fingerprint density at radius 2 is 2.00 bits per heavy atom. The van der Waals surface area contributed by atoms with Crippen LogP contribution in [-0.4, -0.2) is 44.5 Å². The average Bonchev–Trinajstić information content (AvgIpc) is 2.65. The van der Waals surface area contributed by atoms with Crippen molar-refractivity contribution in [2.75, 3.05) is 0 Å². The van der Waals surface area contributed by atoms with Crippen LogP contribution in [0.4, 0.5) is 4.79 Å². The average molecular weight is 263 g/mol. The van der Waals surface area contributed by atoms with Crippen LogP contribution in [0.15, 0.2) is 12.1 Å². The molecule has 1 aromatic heterocycles. The van der Waals surface area contributed by atoms with Gasteiger partial charge in [-0.25, -0.2) is 4.79 Å². The van der Waals surface area contributed by atoms with Gasteiger partial charge in [-0.2, -0.15) is 5.10 Å². The molecule has 6 nitrogen and oxygen atoms in total. The molecule has 3 rings (SSSR count). The minimum Gasteiger partial charge on any atom is -0.473 e. The number of carboxylic acid groups (broad SMARTS) is 1. The zero-order chi connectivity index (χ0) is 13.4. The second kappa shape index (κ2) is 4.68. The summed E-state index contributed by atoms with van der Waals surface area (Å²) in [5, 5.41) is 17.1. The number of fused-ring (bicyclic) bond motifs is 2. The van der Waals surface area contributed by atoms with E-state index in [0.29, 0.717) is 5.88 Å². The SMILES string of the molecule is Cc1ccc(O[C@H]2C[C@H]3CC[C@@H](C2)N3C(=O)O)nn1. The van der Waals surface area contributed by atoms with Crippen molar-refractivity contribution in [2.24, 2.45) is 0 Å². The lowest BCUT2D eigenvalue weighted by Crippen LogP contribution is -2.48. The summed E-state index contributed by atoms with van der Waals surface area (Å²) < 4.78 is 5.83. The fourth-order valence-electron chi connectivity index (χ4n) is 3.16. The number of ether oxygens (including phenoxy) is 1. The van der Waals surface area contributed by atoms with Crippen molar-refractivity contribution in [1.82, 2.24) is 15.1 Å². The molecule has 1 aromatic rings. The van der Waals surface area contributed by atoms with Crippen molar-refractivity contribution >= 4 is 6.09 Å². The Bertz CT molecular complexity index is 463. The first-order chi connectivity index (χ1) is 9.13. The van der Waals surface area contributed by atoms with E-state index >= 15 is 0 Å². The molecule has 3 atom stereocenters. The van der Waals surface area contributed by atoms with Gasteiger partial charge < -0.3 is 14.7 Å². The molecule has 0 unspecified atom stereocenters. The second-order valence-electron chi connectivity index (χ2n) is 5.30. The maximum Gasteiger partial charge on any atom is 0.407 e. The van der Waals surface area contributed by atoms with Crippen LogP contribution in [0.1, 0.15) is 31.4 Å². The molecule has 0 aromatic carbocycles. The number of carbonyl (C=O) groups is 1. The van der Waals surface area contributed by atoms with Gasteiger partial charge in [0.2, 0.25) is 5.88 Å². The Labute approximate surface area is 111 Å². The minimum absolute atomic E-state index is 0.0464. The Balaban J connectivity index is 1.66. The third kappa shape index (κ3) is 2.34. The predicted molar refractivity (Wildman–Crippen MR) is 67.1 cm³/mol. The van der Waals surface area contributed by atoms with Crippen LogP contribution >= 0.6 is 0 Å². The Kier molecular flexibility index (Phi) is 3.00. The first-order valence-corrected chi connectivity index (χ1v) is 6.61. The van der Waals surface area contributed by atoms with Gasteiger partial charge in [0, 0.05) is 31.0 Å². The number of nitrogens with zero attached hydrogens (tertiary/aromatic N) is 3. The van der Waals surface area contributed by atoms with Gasteiger partial charge >= 0.3 is 6.09 Å². The largest absolute Gasteiger partial charge is 0.473 e. The first-order valence-electron chi connectivity index (χ1n) is 6.61. The van der Waals surface area contributed by atoms with Crippen LogP contribution < -0.4 is 4.74 Å². The van der Waals surface area contributed by atoms with Crippen LogP contribution in [0.2, 0.25) is 0 Å². The van der Waals surface area contributed by atoms with E-state index in [-0.39, 0.29) is 18.2 Å². The zero-order valence-corrected chi connectivity index (χ0v) is 10.8. The zero-order valence-electron chi connectivity index (χ0n) is 10.8. The molecule has 0 saturated carbocycles. The summed E-state index contributed by atoms with van der Waals surface area (Å²) in [6.45, 7) is 1.88. The summed E-state index contributed by atoms with van der Waals surface area (Å²) in [7, 11) is 0. The lowest BCUT2D eigenvalue weighted by atomic mass is 10.0. The van der Waals surface area contributed by atoms with Gasteiger partial charge in [0.25, 0.3) is 0 Å². The van der Waals surface area contributed by atoms with Gasteiger partial charge in [-0.1, -0.05) is 0 Å². The highest BCUT2D eigenvalue weighted by Gasteiger charge is 2.44. The van der Waals surface area contributed by atoms with E-state index in [2.05, 4.69) is 10.2 Å². The highest BCUT2D eigenvalue weighted by molar-refractivity contribution is 5.66. The third-order valence-electron chi connectivity index (χ3n) is 3.97. The standard InChI is InChI=1S/C13H17N3O3/c1-8-2-5-12(15-14-8)19-11-6-9-3-4-10(7-11)16(9)13(17)18/h2,5,9-11H,3-4,6-7H2,1H3,(H,17,18)/t9-,10+,11+. The molecule has 2 fully saturated rings. The number of amides is 1. The summed E-state index contributed by atoms with van der Waals surface area (Å²) in [5.41, 5.74) is 0.855. The molecule has 2 bridgehead atoms. The van der Waals surface area contributed by atoms with Crippen LogP contribution in [0.25, 0.3) is 0 Å². The summed E-state index contributed by atoms with van der Waals surface area (Å²) in [6.07, 6.45) is 2.62. The fourth-order valence-corrected chi connectivity index (χ4v) is 3.16. The topological polar surface area (TPSA) is 75.5 Å². The molecule has 0 aliphatic carbocycles. The summed E-state index contributed by atoms with van der Waals surface area (Å²) >= 11 is 0. The van der Waals surface area contributed by atoms with E-state index in [0.717, 1.165) is 31.4 Å². The van der Waals surface area contributed by atoms with Gasteiger partial charge in [0.05, 0.1) is 5.69 Å². The quantitative estimate of drug-likeness (QED) is 0.881.